The van der Waals surface area contributed by atoms with Crippen molar-refractivity contribution in [2.45, 2.75) is 57.9 Å². The number of aliphatic hydroxyl groups is 1. The van der Waals surface area contributed by atoms with Crippen molar-refractivity contribution in [3.8, 4) is 11.5 Å². The fourth-order valence-corrected chi connectivity index (χ4v) is 3.88. The summed E-state index contributed by atoms with van der Waals surface area (Å²) in [6, 6.07) is 2.76. The average molecular weight is 520 g/mol. The lowest BCUT2D eigenvalue weighted by Crippen LogP contribution is -2.51. The summed E-state index contributed by atoms with van der Waals surface area (Å²) in [4.78, 5) is 38.5. The number of alkyl halides is 1. The van der Waals surface area contributed by atoms with Crippen molar-refractivity contribution in [3.63, 3.8) is 0 Å². The van der Waals surface area contributed by atoms with E-state index in [4.69, 9.17) is 37.4 Å². The van der Waals surface area contributed by atoms with Crippen LogP contribution in [0.1, 0.15) is 32.6 Å². The first-order valence-electron chi connectivity index (χ1n) is 10.3. The highest BCUT2D eigenvalue weighted by molar-refractivity contribution is 6.36. The summed E-state index contributed by atoms with van der Waals surface area (Å²) in [5, 5.41) is 10.2. The lowest BCUT2D eigenvalue weighted by atomic mass is 10.1. The van der Waals surface area contributed by atoms with Crippen LogP contribution in [0.3, 0.4) is 0 Å². The molecule has 1 aliphatic rings. The van der Waals surface area contributed by atoms with Gasteiger partial charge in [0, 0.05) is 17.8 Å². The fourth-order valence-electron chi connectivity index (χ4n) is 3.37. The molecule has 2 aromatic rings. The number of benzene rings is 1. The number of hydrogen-bond acceptors (Lipinski definition) is 7. The molecule has 34 heavy (non-hydrogen) atoms. The van der Waals surface area contributed by atoms with Crippen LogP contribution >= 0.6 is 23.2 Å². The van der Waals surface area contributed by atoms with E-state index in [-0.39, 0.29) is 33.5 Å². The first-order valence-corrected chi connectivity index (χ1v) is 11.1. The molecule has 2 N–H and O–H groups in total. The van der Waals surface area contributed by atoms with E-state index in [0.717, 1.165) is 10.8 Å². The van der Waals surface area contributed by atoms with Gasteiger partial charge in [-0.3, -0.25) is 19.6 Å². The number of carbonyl (C=O) groups is 1. The molecule has 0 bridgehead atoms. The molecule has 0 spiro atoms. The molecule has 1 aromatic carbocycles. The van der Waals surface area contributed by atoms with Gasteiger partial charge in [0.1, 0.15) is 17.6 Å². The Morgan fingerprint density at radius 2 is 1.94 bits per heavy atom. The molecule has 13 heteroatoms. The van der Waals surface area contributed by atoms with E-state index in [9.17, 15) is 23.9 Å². The monoisotopic (exact) mass is 519 g/mol. The molecule has 0 aliphatic carbocycles. The number of nitrogens with zero attached hydrogens (tertiary/aromatic N) is 2. The third-order valence-corrected chi connectivity index (χ3v) is 5.97. The Morgan fingerprint density at radius 3 is 2.50 bits per heavy atom. The van der Waals surface area contributed by atoms with Gasteiger partial charge < -0.3 is 19.3 Å². The van der Waals surface area contributed by atoms with Gasteiger partial charge in [0.2, 0.25) is 0 Å². The summed E-state index contributed by atoms with van der Waals surface area (Å²) < 4.78 is 31.9. The number of halogens is 3. The SMILES string of the molecule is CCc1cn([C@@H]2O[C@H](C)[C@@H](O)[C@H]2F)c(=O)n(NC(=O)C(C)Oc2cc(OC)c(Cl)cc2Cl)c1=O. The molecule has 1 unspecified atom stereocenters. The van der Waals surface area contributed by atoms with E-state index < -0.39 is 47.9 Å². The molecule has 1 aliphatic heterocycles. The summed E-state index contributed by atoms with van der Waals surface area (Å²) in [5.41, 5.74) is 0.468. The fraction of sp³-hybridized carbons (Fsp3) is 0.476. The topological polar surface area (TPSA) is 121 Å². The lowest BCUT2D eigenvalue weighted by Gasteiger charge is -2.20. The summed E-state index contributed by atoms with van der Waals surface area (Å²) in [5.74, 6) is -0.515. The van der Waals surface area contributed by atoms with Crippen LogP contribution in [0.15, 0.2) is 27.9 Å². The van der Waals surface area contributed by atoms with Gasteiger partial charge in [-0.05, 0) is 26.3 Å². The van der Waals surface area contributed by atoms with E-state index in [1.807, 2.05) is 0 Å². The normalized spacial score (nSPS) is 22.9. The van der Waals surface area contributed by atoms with Crippen molar-refractivity contribution in [1.29, 1.82) is 0 Å². The molecular formula is C21H24Cl2FN3O7. The van der Waals surface area contributed by atoms with E-state index in [2.05, 4.69) is 5.43 Å². The largest absolute Gasteiger partial charge is 0.495 e. The molecule has 0 saturated carbocycles. The van der Waals surface area contributed by atoms with Crippen molar-refractivity contribution in [2.24, 2.45) is 0 Å². The molecule has 1 amide bonds. The second kappa shape index (κ2) is 10.3. The molecule has 2 heterocycles. The molecule has 3 rings (SSSR count). The standard InChI is InChI=1S/C21H24Cl2FN3O7/c1-5-11-8-26(20-16(24)17(28)9(2)34-20)21(31)27(19(11)30)25-18(29)10(3)33-15-7-14(32-4)12(22)6-13(15)23/h6-10,16-17,20,28H,5H2,1-4H3,(H,25,29)/t9-,10?,16-,17-,20-/m1/s1. The van der Waals surface area contributed by atoms with Crippen LogP contribution in [0.2, 0.25) is 10.0 Å². The number of aliphatic hydroxyl groups excluding tert-OH is 1. The number of ether oxygens (including phenoxy) is 3. The first-order chi connectivity index (χ1) is 16.0. The number of aromatic nitrogens is 2. The smallest absolute Gasteiger partial charge is 0.352 e. The highest BCUT2D eigenvalue weighted by atomic mass is 35.5. The quantitative estimate of drug-likeness (QED) is 0.573. The van der Waals surface area contributed by atoms with Gasteiger partial charge in [-0.25, -0.2) is 9.18 Å². The van der Waals surface area contributed by atoms with Crippen LogP contribution in [0.5, 0.6) is 11.5 Å². The Kier molecular flexibility index (Phi) is 7.91. The zero-order chi connectivity index (χ0) is 25.3. The van der Waals surface area contributed by atoms with Gasteiger partial charge in [0.05, 0.1) is 23.3 Å². The summed E-state index contributed by atoms with van der Waals surface area (Å²) in [6.45, 7) is 4.48. The Labute approximate surface area is 203 Å². The van der Waals surface area contributed by atoms with Crippen LogP contribution < -0.4 is 26.1 Å². The number of nitrogens with one attached hydrogen (secondary N) is 1. The van der Waals surface area contributed by atoms with E-state index in [1.54, 1.807) is 6.92 Å². The van der Waals surface area contributed by atoms with Gasteiger partial charge in [-0.1, -0.05) is 30.1 Å². The van der Waals surface area contributed by atoms with E-state index >= 15 is 0 Å². The van der Waals surface area contributed by atoms with Crippen molar-refractivity contribution in [1.82, 2.24) is 9.24 Å². The van der Waals surface area contributed by atoms with Crippen molar-refractivity contribution >= 4 is 29.1 Å². The predicted molar refractivity (Wildman–Crippen MR) is 122 cm³/mol. The summed E-state index contributed by atoms with van der Waals surface area (Å²) >= 11 is 12.1. The molecule has 10 nitrogen and oxygen atoms in total. The zero-order valence-electron chi connectivity index (χ0n) is 18.8. The van der Waals surface area contributed by atoms with Gasteiger partial charge in [0.15, 0.2) is 18.5 Å². The summed E-state index contributed by atoms with van der Waals surface area (Å²) in [7, 11) is 1.39. The van der Waals surface area contributed by atoms with E-state index in [1.165, 1.54) is 33.1 Å². The minimum atomic E-state index is -1.91. The Bertz CT molecular complexity index is 1200. The Balaban J connectivity index is 1.91. The number of hydrogen-bond donors (Lipinski definition) is 2. The van der Waals surface area contributed by atoms with Crippen molar-refractivity contribution in [2.75, 3.05) is 12.5 Å². The maximum Gasteiger partial charge on any atom is 0.352 e. The number of methoxy groups -OCH3 is 1. The first kappa shape index (κ1) is 26.0. The average Bonchev–Trinajstić information content (AvgIpc) is 3.05. The number of aryl methyl sites for hydroxylation is 1. The maximum atomic E-state index is 14.6. The molecule has 1 aromatic heterocycles. The highest BCUT2D eigenvalue weighted by Crippen LogP contribution is 2.36. The third kappa shape index (κ3) is 4.92. The Hall–Kier alpha value is -2.60. The molecule has 1 fully saturated rings. The van der Waals surface area contributed by atoms with Crippen molar-refractivity contribution in [3.05, 3.63) is 54.8 Å². The minimum absolute atomic E-state index is 0.0836. The maximum absolute atomic E-state index is 14.6. The molecule has 186 valence electrons. The van der Waals surface area contributed by atoms with Gasteiger partial charge in [-0.2, -0.15) is 4.68 Å². The zero-order valence-corrected chi connectivity index (χ0v) is 20.3. The molecular weight excluding hydrogens is 496 g/mol. The third-order valence-electron chi connectivity index (χ3n) is 5.37. The lowest BCUT2D eigenvalue weighted by molar-refractivity contribution is -0.123. The van der Waals surface area contributed by atoms with Crippen molar-refractivity contribution < 1.29 is 28.5 Å². The number of carbonyl (C=O) groups excluding carboxylic acids is 1. The second-order valence-electron chi connectivity index (χ2n) is 7.66. The predicted octanol–water partition coefficient (Wildman–Crippen LogP) is 2.04. The van der Waals surface area contributed by atoms with Gasteiger partial charge >= 0.3 is 5.69 Å². The number of amides is 1. The van der Waals surface area contributed by atoms with Crippen LogP contribution in [0, 0.1) is 0 Å². The number of rotatable bonds is 7. The van der Waals surface area contributed by atoms with Gasteiger partial charge in [0.25, 0.3) is 11.5 Å². The van der Waals surface area contributed by atoms with E-state index in [0.29, 0.717) is 4.68 Å². The van der Waals surface area contributed by atoms with Crippen LogP contribution in [-0.4, -0.2) is 51.9 Å². The molecule has 0 radical (unpaired) electrons. The van der Waals surface area contributed by atoms with Crippen LogP contribution in [-0.2, 0) is 16.0 Å². The van der Waals surface area contributed by atoms with Crippen LogP contribution in [0.25, 0.3) is 0 Å². The van der Waals surface area contributed by atoms with Crippen LogP contribution in [0.4, 0.5) is 4.39 Å². The molecule has 1 saturated heterocycles. The molecule has 5 atom stereocenters. The summed E-state index contributed by atoms with van der Waals surface area (Å²) in [6.07, 6.45) is -5.58. The highest BCUT2D eigenvalue weighted by Gasteiger charge is 2.43. The Morgan fingerprint density at radius 1 is 1.29 bits per heavy atom. The minimum Gasteiger partial charge on any atom is -0.495 e. The van der Waals surface area contributed by atoms with Gasteiger partial charge in [-0.15, -0.1) is 0 Å². The second-order valence-corrected chi connectivity index (χ2v) is 8.47.